The molecule has 0 N–H and O–H groups in total. The third-order valence-electron chi connectivity index (χ3n) is 0.827. The van der Waals surface area contributed by atoms with Gasteiger partial charge in [0.2, 0.25) is 0 Å². The summed E-state index contributed by atoms with van der Waals surface area (Å²) in [5.74, 6) is -2.69. The zero-order valence-corrected chi connectivity index (χ0v) is 8.67. The van der Waals surface area contributed by atoms with Crippen LogP contribution in [-0.4, -0.2) is 8.42 Å². The zero-order valence-electron chi connectivity index (χ0n) is 6.35. The predicted molar refractivity (Wildman–Crippen MR) is 46.9 cm³/mol. The quantitative estimate of drug-likeness (QED) is 0.677. The smallest absolute Gasteiger partial charge is 0.207 e. The standard InChI is InChI=1S/C6H3F3.Cl2O2S/c7-4-1-5(8)3-6(9)2-4;1-5(2,3)4/h1-3H;. The molecule has 0 bridgehead atoms. The van der Waals surface area contributed by atoms with Crippen molar-refractivity contribution >= 4 is 29.6 Å². The van der Waals surface area contributed by atoms with Gasteiger partial charge in [-0.25, -0.2) is 13.2 Å². The van der Waals surface area contributed by atoms with Gasteiger partial charge in [0.05, 0.1) is 0 Å². The second-order valence-electron chi connectivity index (χ2n) is 1.97. The molecule has 0 atom stereocenters. The van der Waals surface area contributed by atoms with Crippen LogP contribution in [0.5, 0.6) is 0 Å². The van der Waals surface area contributed by atoms with E-state index in [1.165, 1.54) is 0 Å². The highest BCUT2D eigenvalue weighted by Gasteiger charge is 1.96. The first-order chi connectivity index (χ1) is 6.18. The normalized spacial score (nSPS) is 10.4. The molecule has 0 amide bonds. The topological polar surface area (TPSA) is 34.1 Å². The summed E-state index contributed by atoms with van der Waals surface area (Å²) in [4.78, 5) is 0. The van der Waals surface area contributed by atoms with E-state index in [4.69, 9.17) is 8.42 Å². The van der Waals surface area contributed by atoms with Crippen molar-refractivity contribution in [3.8, 4) is 0 Å². The van der Waals surface area contributed by atoms with Gasteiger partial charge in [0.25, 0.3) is 0 Å². The Kier molecular flexibility index (Phi) is 5.25. The van der Waals surface area contributed by atoms with E-state index in [-0.39, 0.29) is 0 Å². The predicted octanol–water partition coefficient (Wildman–Crippen LogP) is 2.81. The van der Waals surface area contributed by atoms with Gasteiger partial charge in [-0.2, -0.15) is 8.42 Å². The Morgan fingerprint density at radius 3 is 1.14 bits per heavy atom. The van der Waals surface area contributed by atoms with Crippen LogP contribution < -0.4 is 0 Å². The van der Waals surface area contributed by atoms with Gasteiger partial charge in [0.15, 0.2) is 0 Å². The van der Waals surface area contributed by atoms with Gasteiger partial charge in [-0.3, -0.25) is 0 Å². The molecular formula is C6H3Cl2F3O2S. The Bertz CT molecular complexity index is 349. The van der Waals surface area contributed by atoms with Crippen LogP contribution in [0.1, 0.15) is 0 Å². The number of benzene rings is 1. The van der Waals surface area contributed by atoms with E-state index in [0.717, 1.165) is 0 Å². The molecule has 0 fully saturated rings. The van der Waals surface area contributed by atoms with E-state index >= 15 is 0 Å². The van der Waals surface area contributed by atoms with Crippen LogP contribution in [0.4, 0.5) is 13.2 Å². The monoisotopic (exact) mass is 266 g/mol. The third-order valence-corrected chi connectivity index (χ3v) is 0.827. The zero-order chi connectivity index (χ0) is 11.4. The Morgan fingerprint density at radius 2 is 1.00 bits per heavy atom. The maximum absolute atomic E-state index is 11.9. The van der Waals surface area contributed by atoms with Crippen molar-refractivity contribution in [3.05, 3.63) is 35.7 Å². The lowest BCUT2D eigenvalue weighted by molar-refractivity contribution is 0.543. The number of rotatable bonds is 0. The molecule has 0 saturated carbocycles. The van der Waals surface area contributed by atoms with E-state index in [9.17, 15) is 13.2 Å². The van der Waals surface area contributed by atoms with Gasteiger partial charge < -0.3 is 0 Å². The Balaban J connectivity index is 0.000000292. The molecule has 80 valence electrons. The van der Waals surface area contributed by atoms with Crippen LogP contribution in [0, 0.1) is 17.5 Å². The summed E-state index contributed by atoms with van der Waals surface area (Å²) < 4.78 is 54.2. The minimum absolute atomic E-state index is 0.614. The summed E-state index contributed by atoms with van der Waals surface area (Å²) in [5, 5.41) is 0. The van der Waals surface area contributed by atoms with E-state index in [2.05, 4.69) is 21.4 Å². The molecule has 2 nitrogen and oxygen atoms in total. The number of halogens is 5. The lowest BCUT2D eigenvalue weighted by Crippen LogP contribution is -1.81. The second-order valence-corrected chi connectivity index (χ2v) is 5.63. The molecule has 0 unspecified atom stereocenters. The first-order valence-electron chi connectivity index (χ1n) is 2.94. The highest BCUT2D eigenvalue weighted by atomic mass is 36.0. The fourth-order valence-corrected chi connectivity index (χ4v) is 0.520. The average Bonchev–Trinajstić information content (AvgIpc) is 1.77. The SMILES string of the molecule is Fc1cc(F)cc(F)c1.O=S(=O)(Cl)Cl. The van der Waals surface area contributed by atoms with E-state index in [0.29, 0.717) is 18.2 Å². The summed E-state index contributed by atoms with van der Waals surface area (Å²) in [5.41, 5.74) is 0. The highest BCUT2D eigenvalue weighted by molar-refractivity contribution is 8.31. The summed E-state index contributed by atoms with van der Waals surface area (Å²) in [6.07, 6.45) is 0. The third kappa shape index (κ3) is 9.63. The van der Waals surface area contributed by atoms with Gasteiger partial charge in [-0.1, -0.05) is 0 Å². The van der Waals surface area contributed by atoms with Gasteiger partial charge in [0.1, 0.15) is 17.5 Å². The summed E-state index contributed by atoms with van der Waals surface area (Å²) in [6, 6.07) is 1.84. The van der Waals surface area contributed by atoms with Crippen LogP contribution in [-0.2, 0) is 8.26 Å². The second kappa shape index (κ2) is 5.43. The van der Waals surface area contributed by atoms with Crippen molar-refractivity contribution in [2.75, 3.05) is 0 Å². The lowest BCUT2D eigenvalue weighted by atomic mass is 10.3. The maximum atomic E-state index is 11.9. The molecule has 1 aromatic carbocycles. The van der Waals surface area contributed by atoms with Gasteiger partial charge in [-0.15, -0.1) is 0 Å². The van der Waals surface area contributed by atoms with Crippen LogP contribution in [0.15, 0.2) is 18.2 Å². The Labute approximate surface area is 87.2 Å². The lowest BCUT2D eigenvalue weighted by Gasteiger charge is -1.88. The number of hydrogen-bond donors (Lipinski definition) is 0. The molecule has 0 saturated heterocycles. The highest BCUT2D eigenvalue weighted by Crippen LogP contribution is 2.04. The van der Waals surface area contributed by atoms with Gasteiger partial charge in [0, 0.05) is 39.6 Å². The summed E-state index contributed by atoms with van der Waals surface area (Å²) >= 11 is 0. The van der Waals surface area contributed by atoms with Crippen molar-refractivity contribution in [2.45, 2.75) is 0 Å². The fourth-order valence-electron chi connectivity index (χ4n) is 0.520. The van der Waals surface area contributed by atoms with Crippen LogP contribution in [0.25, 0.3) is 0 Å². The van der Waals surface area contributed by atoms with Crippen molar-refractivity contribution in [3.63, 3.8) is 0 Å². The van der Waals surface area contributed by atoms with Crippen LogP contribution >= 0.6 is 21.4 Å². The molecule has 0 aliphatic carbocycles. The van der Waals surface area contributed by atoms with E-state index in [1.54, 1.807) is 0 Å². The van der Waals surface area contributed by atoms with Gasteiger partial charge in [-0.05, 0) is 0 Å². The molecule has 0 aliphatic rings. The fraction of sp³-hybridized carbons (Fsp3) is 0. The Morgan fingerprint density at radius 1 is 0.857 bits per heavy atom. The van der Waals surface area contributed by atoms with Crippen molar-refractivity contribution in [2.24, 2.45) is 0 Å². The first kappa shape index (κ1) is 13.5. The maximum Gasteiger partial charge on any atom is 0.317 e. The molecule has 0 spiro atoms. The van der Waals surface area contributed by atoms with Crippen molar-refractivity contribution in [1.29, 1.82) is 0 Å². The van der Waals surface area contributed by atoms with Crippen molar-refractivity contribution in [1.82, 2.24) is 0 Å². The number of hydrogen-bond acceptors (Lipinski definition) is 2. The Hall–Kier alpha value is -0.460. The van der Waals surface area contributed by atoms with Crippen LogP contribution in [0.3, 0.4) is 0 Å². The molecule has 0 aromatic heterocycles. The first-order valence-corrected chi connectivity index (χ1v) is 6.08. The molecule has 8 heteroatoms. The van der Waals surface area contributed by atoms with E-state index < -0.39 is 25.7 Å². The molecule has 0 heterocycles. The molecule has 1 rings (SSSR count). The molecule has 1 aromatic rings. The minimum Gasteiger partial charge on any atom is -0.207 e. The average molecular weight is 267 g/mol. The van der Waals surface area contributed by atoms with Crippen molar-refractivity contribution < 1.29 is 21.6 Å². The summed E-state index contributed by atoms with van der Waals surface area (Å²) in [6.45, 7) is 0. The van der Waals surface area contributed by atoms with E-state index in [1.807, 2.05) is 0 Å². The summed E-state index contributed by atoms with van der Waals surface area (Å²) in [7, 11) is 4.81. The van der Waals surface area contributed by atoms with Crippen LogP contribution in [0.2, 0.25) is 0 Å². The largest absolute Gasteiger partial charge is 0.317 e. The molecule has 0 radical (unpaired) electrons. The molecule has 14 heavy (non-hydrogen) atoms. The molecular weight excluding hydrogens is 264 g/mol. The molecule has 0 aliphatic heterocycles. The van der Waals surface area contributed by atoms with Gasteiger partial charge >= 0.3 is 8.26 Å². The minimum atomic E-state index is -3.72.